The van der Waals surface area contributed by atoms with Gasteiger partial charge in [0.05, 0.1) is 6.10 Å². The molecule has 30 nitrogen and oxygen atoms in total. The van der Waals surface area contributed by atoms with E-state index in [2.05, 4.69) is 63.8 Å². The van der Waals surface area contributed by atoms with Crippen LogP contribution in [0.25, 0.3) is 0 Å². The molecule has 610 valence electrons. The molecule has 2 aliphatic rings. The van der Waals surface area contributed by atoms with Crippen LogP contribution >= 0.6 is 0 Å². The molecule has 105 heavy (non-hydrogen) atoms. The largest absolute Gasteiger partial charge is 0.458 e. The molecule has 0 aromatic heterocycles. The smallest absolute Gasteiger partial charge is 0.329 e. The molecule has 2 aliphatic heterocycles. The molecular weight excluding hydrogens is 1350 g/mol. The second kappa shape index (κ2) is 43.8. The van der Waals surface area contributed by atoms with Crippen molar-refractivity contribution in [3.05, 3.63) is 47.7 Å². The molecule has 0 aliphatic carbocycles. The molecule has 1 aromatic carbocycles. The quantitative estimate of drug-likeness (QED) is 0.0345. The van der Waals surface area contributed by atoms with E-state index in [1.54, 1.807) is 127 Å². The van der Waals surface area contributed by atoms with E-state index < -0.39 is 203 Å². The molecular formula is C75H144N14O16. The highest BCUT2D eigenvalue weighted by Crippen LogP contribution is 2.23. The Balaban J connectivity index is -0.00000191. The predicted molar refractivity (Wildman–Crippen MR) is 416 cm³/mol. The summed E-state index contributed by atoms with van der Waals surface area (Å²) in [5, 5.41) is 43.2. The highest BCUT2D eigenvalue weighted by Gasteiger charge is 2.44. The molecule has 3 rings (SSSR count). The molecule has 0 radical (unpaired) electrons. The second-order valence-corrected chi connectivity index (χ2v) is 30.2. The zero-order valence-electron chi connectivity index (χ0n) is 65.2. The van der Waals surface area contributed by atoms with Gasteiger partial charge in [-0.3, -0.25) is 62.3 Å². The van der Waals surface area contributed by atoms with Gasteiger partial charge in [-0.2, -0.15) is 0 Å². The lowest BCUT2D eigenvalue weighted by Crippen LogP contribution is -2.64. The molecule has 0 spiro atoms. The summed E-state index contributed by atoms with van der Waals surface area (Å²) in [6.07, 6.45) is 1.02. The number of aliphatic hydroxyl groups is 1. The van der Waals surface area contributed by atoms with Crippen LogP contribution in [0.5, 0.6) is 0 Å². The van der Waals surface area contributed by atoms with E-state index in [0.717, 1.165) is 6.42 Å². The number of cyclic esters (lactones) is 1. The Hall–Kier alpha value is -8.54. The lowest BCUT2D eigenvalue weighted by Gasteiger charge is -2.33. The number of amides is 13. The van der Waals surface area contributed by atoms with E-state index in [1.807, 2.05) is 13.8 Å². The summed E-state index contributed by atoms with van der Waals surface area (Å²) in [7, 11) is 0. The van der Waals surface area contributed by atoms with Gasteiger partial charge in [0.15, 0.2) is 0 Å². The van der Waals surface area contributed by atoms with Crippen molar-refractivity contribution < 1.29 is 91.2 Å². The minimum absolute atomic E-state index is 0. The van der Waals surface area contributed by atoms with Gasteiger partial charge < -0.3 is 84.3 Å². The van der Waals surface area contributed by atoms with Gasteiger partial charge in [-0.25, -0.2) is 4.79 Å². The zero-order chi connectivity index (χ0) is 79.4. The monoisotopic (exact) mass is 1500 g/mol. The van der Waals surface area contributed by atoms with Crippen molar-refractivity contribution >= 4 is 82.8 Å². The third-order valence-electron chi connectivity index (χ3n) is 19.3. The van der Waals surface area contributed by atoms with Gasteiger partial charge in [-0.05, 0) is 112 Å². The van der Waals surface area contributed by atoms with Gasteiger partial charge in [0.2, 0.25) is 70.9 Å². The Morgan fingerprint density at radius 2 is 1.16 bits per heavy atom. The van der Waals surface area contributed by atoms with E-state index in [9.17, 15) is 62.6 Å². The molecule has 13 amide bonds. The van der Waals surface area contributed by atoms with E-state index in [1.165, 1.54) is 31.7 Å². The van der Waals surface area contributed by atoms with Crippen LogP contribution in [-0.4, -0.2) is 191 Å². The van der Waals surface area contributed by atoms with E-state index >= 15 is 9.59 Å². The zero-order valence-corrected chi connectivity index (χ0v) is 65.2. The first-order valence-electron chi connectivity index (χ1n) is 37.5. The first-order chi connectivity index (χ1) is 49.2. The minimum atomic E-state index is -1.83. The van der Waals surface area contributed by atoms with Gasteiger partial charge in [0.25, 0.3) is 5.91 Å². The fourth-order valence-electron chi connectivity index (χ4n) is 12.1. The maximum Gasteiger partial charge on any atom is 0.329 e. The molecule has 30 heteroatoms. The topological polar surface area (TPSA) is 442 Å². The average Bonchev–Trinajstić information content (AvgIpc) is 1.78. The SMILES string of the molecule is C/C=C1\NC(=O)[C@H](Cc2ccccc2)NC(=O)[C@@H](C(C)C)NC(=O)[C@@H](C(C)CC)NC(=O)[C@H](NC(=O)[C@@H](NC(=O)[C@H](CCCN)NC(=O)[C@H]2CCCN2C(=O)[C@H](NC(=O)[C@@H](NC(=O)[C@@H](NC(=O)[C@H](NC(=O)CCCC(C)C)C(C)C)C(C)O)C(C)C)C(C)C)C(C)CC)C(C)OC(=O)[C@H](C(C)C)NC1=O.[HH].[HH].[HH].[HH].[HH].[HH].[HH].[HH].[HH].[HH]. The van der Waals surface area contributed by atoms with Crippen molar-refractivity contribution in [2.45, 2.75) is 280 Å². The summed E-state index contributed by atoms with van der Waals surface area (Å²) in [5.74, 6) is -15.1. The van der Waals surface area contributed by atoms with Crippen molar-refractivity contribution in [3.8, 4) is 0 Å². The molecule has 2 fully saturated rings. The molecule has 15 N–H and O–H groups in total. The number of nitrogens with two attached hydrogens (primary N) is 1. The summed E-state index contributed by atoms with van der Waals surface area (Å²) in [6, 6.07) is -7.67. The summed E-state index contributed by atoms with van der Waals surface area (Å²) in [4.78, 5) is 202. The number of rotatable bonds is 33. The first kappa shape index (κ1) is 90.7. The van der Waals surface area contributed by atoms with E-state index in [-0.39, 0.29) is 77.5 Å². The molecule has 16 atom stereocenters. The lowest BCUT2D eigenvalue weighted by atomic mass is 9.95. The highest BCUT2D eigenvalue weighted by atomic mass is 16.5. The van der Waals surface area contributed by atoms with Crippen LogP contribution in [-0.2, 0) is 78.3 Å². The average molecular weight is 1500 g/mol. The first-order valence-corrected chi connectivity index (χ1v) is 37.5. The van der Waals surface area contributed by atoms with Gasteiger partial charge in [-0.15, -0.1) is 0 Å². The van der Waals surface area contributed by atoms with Gasteiger partial charge in [0, 0.05) is 33.7 Å². The number of hydrogen-bond acceptors (Lipinski definition) is 17. The number of aliphatic hydroxyl groups excluding tert-OH is 1. The second-order valence-electron chi connectivity index (χ2n) is 30.2. The highest BCUT2D eigenvalue weighted by molar-refractivity contribution is 6.03. The number of likely N-dealkylation sites (tertiary alicyclic amines) is 1. The van der Waals surface area contributed by atoms with Gasteiger partial charge >= 0.3 is 5.97 Å². The Morgan fingerprint density at radius 1 is 0.619 bits per heavy atom. The number of hydrogen-bond donors (Lipinski definition) is 14. The van der Waals surface area contributed by atoms with Crippen molar-refractivity contribution in [1.82, 2.24) is 68.7 Å². The number of benzene rings is 1. The summed E-state index contributed by atoms with van der Waals surface area (Å²) < 4.78 is 5.96. The summed E-state index contributed by atoms with van der Waals surface area (Å²) >= 11 is 0. The Labute approximate surface area is 635 Å². The number of esters is 1. The Morgan fingerprint density at radius 3 is 1.70 bits per heavy atom. The normalized spacial score (nSPS) is 22.6. The molecule has 0 bridgehead atoms. The van der Waals surface area contributed by atoms with Crippen molar-refractivity contribution in [2.24, 2.45) is 53.1 Å². The number of carbonyl (C=O) groups is 14. The Kier molecular flexibility index (Phi) is 37.8. The van der Waals surface area contributed by atoms with Gasteiger partial charge in [0.1, 0.15) is 84.3 Å². The maximum absolute atomic E-state index is 15.0. The number of ether oxygens (including phenoxy) is 1. The third-order valence-corrected chi connectivity index (χ3v) is 19.3. The maximum atomic E-state index is 15.0. The summed E-state index contributed by atoms with van der Waals surface area (Å²) in [5.41, 5.74) is 6.34. The fourth-order valence-corrected chi connectivity index (χ4v) is 12.1. The number of allylic oxidation sites excluding steroid dienone is 1. The lowest BCUT2D eigenvalue weighted by molar-refractivity contribution is -0.157. The minimum Gasteiger partial charge on any atom is -0.458 e. The molecule has 2 heterocycles. The molecule has 0 saturated carbocycles. The molecule has 1 aromatic rings. The van der Waals surface area contributed by atoms with Crippen molar-refractivity contribution in [3.63, 3.8) is 0 Å². The number of nitrogens with one attached hydrogen (secondary N) is 12. The van der Waals surface area contributed by atoms with E-state index in [4.69, 9.17) is 10.5 Å². The van der Waals surface area contributed by atoms with Crippen molar-refractivity contribution in [1.29, 1.82) is 0 Å². The van der Waals surface area contributed by atoms with Crippen LogP contribution in [0, 0.1) is 47.3 Å². The molecule has 4 unspecified atom stereocenters. The fraction of sp³-hybridized carbons (Fsp3) is 0.707. The molecule has 2 saturated heterocycles. The van der Waals surface area contributed by atoms with Crippen LogP contribution in [0.1, 0.15) is 209 Å². The summed E-state index contributed by atoms with van der Waals surface area (Å²) in [6.45, 7) is 31.8. The predicted octanol–water partition coefficient (Wildman–Crippen LogP) is 4.30. The Bertz CT molecular complexity index is 3210. The van der Waals surface area contributed by atoms with Crippen LogP contribution in [0.4, 0.5) is 0 Å². The number of carbonyl (C=O) groups excluding carboxylic acids is 14. The van der Waals surface area contributed by atoms with Crippen molar-refractivity contribution in [2.75, 3.05) is 13.1 Å². The van der Waals surface area contributed by atoms with Crippen LogP contribution in [0.3, 0.4) is 0 Å². The van der Waals surface area contributed by atoms with Crippen LogP contribution < -0.4 is 69.5 Å². The third kappa shape index (κ3) is 27.7. The van der Waals surface area contributed by atoms with E-state index in [0.29, 0.717) is 30.7 Å². The van der Waals surface area contributed by atoms with Gasteiger partial charge in [-0.1, -0.05) is 166 Å². The van der Waals surface area contributed by atoms with Crippen LogP contribution in [0.15, 0.2) is 42.1 Å². The van der Waals surface area contributed by atoms with Crippen LogP contribution in [0.2, 0.25) is 0 Å². The standard InChI is InChI=1S/C75H124N14O16.10H2/c1-20-44(16)59(71(100)88-62-47(19)105-75(104)58(43(14)15)84-63(92)49(22-3)77-65(94)51(37-48-30-24-23-25-31-48)79-67(96)55(40(8)9)81-70(99)60(45(17)21-2)86-73(62)102)85-64(93)50(32-27-35-76)78-66(95)52-33-28-36-89(52)74(103)57(42(12)13)83-69(98)56(41(10)11)82-72(101)61(46(18)90)87-68(97)54(39(6)7)80-53(91)34-26-29-38(4)5;;;;;;;;;;/h22-25,30-31,38-47,50-52,54-62,90H,20-21,26-29,32-37,76H2,1-19H3,(H,77,94)(H,78,95)(H,79,96)(H,80,91)(H,81,99)(H,82,101)(H,83,98)(H,84,92)(H,85,93)(H,86,102)(H,87,97)(H,88,100);10*1H/b49-22-;;;;;;;;;;/t44?,45?,46?,47?,50-,51-,52+,54+,55+,56-,57+,58-,59-,60+,61-,62+;;;;;;;;;;/m0........../s1. The number of nitrogens with zero attached hydrogens (tertiary/aromatic N) is 1.